The van der Waals surface area contributed by atoms with Crippen molar-refractivity contribution in [1.29, 1.82) is 5.26 Å². The van der Waals surface area contributed by atoms with Crippen molar-refractivity contribution in [2.45, 2.75) is 33.2 Å². The van der Waals surface area contributed by atoms with E-state index in [9.17, 15) is 4.79 Å². The molecule has 1 amide bonds. The van der Waals surface area contributed by atoms with Crippen LogP contribution >= 0.6 is 11.3 Å². The fourth-order valence-electron chi connectivity index (χ4n) is 2.98. The molecule has 0 atom stereocenters. The summed E-state index contributed by atoms with van der Waals surface area (Å²) in [6.07, 6.45) is 5.28. The third-order valence-electron chi connectivity index (χ3n) is 4.27. The first-order valence-corrected chi connectivity index (χ1v) is 10.2. The first kappa shape index (κ1) is 19.7. The Morgan fingerprint density at radius 3 is 2.82 bits per heavy atom. The molecule has 0 aliphatic carbocycles. The van der Waals surface area contributed by atoms with Crippen LogP contribution in [0, 0.1) is 11.3 Å². The number of hydrogen-bond acceptors (Lipinski definition) is 7. The fourth-order valence-corrected chi connectivity index (χ4v) is 3.80. The summed E-state index contributed by atoms with van der Waals surface area (Å²) in [6.45, 7) is 5.99. The summed E-state index contributed by atoms with van der Waals surface area (Å²) >= 11 is 1.48. The van der Waals surface area contributed by atoms with Crippen molar-refractivity contribution in [1.82, 2.24) is 19.9 Å². The molecule has 3 aromatic rings. The summed E-state index contributed by atoms with van der Waals surface area (Å²) in [5.41, 5.74) is 2.58. The third-order valence-corrected chi connectivity index (χ3v) is 5.18. The Hall–Kier alpha value is -3.05. The summed E-state index contributed by atoms with van der Waals surface area (Å²) in [6, 6.07) is 5.73. The molecule has 0 bridgehead atoms. The normalized spacial score (nSPS) is 13.0. The van der Waals surface area contributed by atoms with E-state index < -0.39 is 0 Å². The standard InChI is InChI=1S/C18H16N6OS.C2H6/c19-8-12-7-13(10-20-9-12)11-21-18-22-14-3-6-26-16(14)15(23-18)17(25)24-4-1-2-5-24;1-2/h3,6-7,9-10H,1-2,4-5,11H2,(H,21,22,23);1-2H3. The monoisotopic (exact) mass is 394 g/mol. The van der Waals surface area contributed by atoms with Gasteiger partial charge in [-0.25, -0.2) is 9.97 Å². The molecule has 28 heavy (non-hydrogen) atoms. The molecule has 0 radical (unpaired) electrons. The van der Waals surface area contributed by atoms with Crippen LogP contribution in [-0.4, -0.2) is 38.8 Å². The molecule has 1 fully saturated rings. The van der Waals surface area contributed by atoms with Gasteiger partial charge in [-0.2, -0.15) is 5.26 Å². The first-order chi connectivity index (χ1) is 13.7. The highest BCUT2D eigenvalue weighted by Crippen LogP contribution is 2.26. The largest absolute Gasteiger partial charge is 0.350 e. The number of aromatic nitrogens is 3. The van der Waals surface area contributed by atoms with Gasteiger partial charge in [0.15, 0.2) is 5.69 Å². The molecule has 3 aromatic heterocycles. The summed E-state index contributed by atoms with van der Waals surface area (Å²) in [4.78, 5) is 27.7. The highest BCUT2D eigenvalue weighted by molar-refractivity contribution is 7.17. The summed E-state index contributed by atoms with van der Waals surface area (Å²) in [5, 5.41) is 14.0. The average Bonchev–Trinajstić information content (AvgIpc) is 3.44. The lowest BCUT2D eigenvalue weighted by Gasteiger charge is -2.15. The lowest BCUT2D eigenvalue weighted by atomic mass is 10.2. The number of thiophene rings is 1. The Morgan fingerprint density at radius 2 is 2.07 bits per heavy atom. The predicted octanol–water partition coefficient (Wildman–Crippen LogP) is 3.83. The molecule has 4 rings (SSSR count). The molecule has 1 N–H and O–H groups in total. The lowest BCUT2D eigenvalue weighted by Crippen LogP contribution is -2.28. The van der Waals surface area contributed by atoms with E-state index in [4.69, 9.17) is 5.26 Å². The second-order valence-corrected chi connectivity index (χ2v) is 6.99. The number of hydrogen-bond donors (Lipinski definition) is 1. The maximum absolute atomic E-state index is 12.8. The van der Waals surface area contributed by atoms with Gasteiger partial charge in [0.05, 0.1) is 15.8 Å². The van der Waals surface area contributed by atoms with Crippen LogP contribution in [0.4, 0.5) is 5.95 Å². The van der Waals surface area contributed by atoms with Crippen molar-refractivity contribution in [2.24, 2.45) is 0 Å². The number of pyridine rings is 1. The van der Waals surface area contributed by atoms with Gasteiger partial charge in [-0.15, -0.1) is 11.3 Å². The van der Waals surface area contributed by atoms with Crippen LogP contribution < -0.4 is 5.32 Å². The summed E-state index contributed by atoms with van der Waals surface area (Å²) in [5.74, 6) is 0.370. The number of rotatable bonds is 4. The number of fused-ring (bicyclic) bond motifs is 1. The zero-order valence-electron chi connectivity index (χ0n) is 16.0. The minimum Gasteiger partial charge on any atom is -0.350 e. The van der Waals surface area contributed by atoms with Crippen molar-refractivity contribution in [3.05, 3.63) is 46.7 Å². The SMILES string of the molecule is CC.N#Cc1cncc(CNc2nc(C(=O)N3CCCC3)c3sccc3n2)c1. The predicted molar refractivity (Wildman–Crippen MR) is 110 cm³/mol. The Balaban J connectivity index is 0.00000109. The van der Waals surface area contributed by atoms with Gasteiger partial charge in [-0.05, 0) is 35.9 Å². The topological polar surface area (TPSA) is 94.8 Å². The van der Waals surface area contributed by atoms with E-state index in [1.165, 1.54) is 17.5 Å². The second-order valence-electron chi connectivity index (χ2n) is 6.08. The van der Waals surface area contributed by atoms with E-state index in [-0.39, 0.29) is 5.91 Å². The Morgan fingerprint density at radius 1 is 1.29 bits per heavy atom. The third kappa shape index (κ3) is 4.26. The van der Waals surface area contributed by atoms with Crippen LogP contribution in [0.25, 0.3) is 10.2 Å². The van der Waals surface area contributed by atoms with E-state index in [0.29, 0.717) is 23.8 Å². The van der Waals surface area contributed by atoms with Gasteiger partial charge in [0.25, 0.3) is 5.91 Å². The van der Waals surface area contributed by atoms with Gasteiger partial charge in [0.2, 0.25) is 5.95 Å². The van der Waals surface area contributed by atoms with E-state index in [2.05, 4.69) is 26.3 Å². The van der Waals surface area contributed by atoms with Crippen LogP contribution in [0.5, 0.6) is 0 Å². The molecule has 8 heteroatoms. The number of carbonyl (C=O) groups is 1. The van der Waals surface area contributed by atoms with Crippen molar-refractivity contribution in [3.8, 4) is 6.07 Å². The van der Waals surface area contributed by atoms with Crippen LogP contribution in [0.2, 0.25) is 0 Å². The highest BCUT2D eigenvalue weighted by atomic mass is 32.1. The number of carbonyl (C=O) groups excluding carboxylic acids is 1. The van der Waals surface area contributed by atoms with Crippen LogP contribution in [-0.2, 0) is 6.54 Å². The molecule has 1 aliphatic heterocycles. The van der Waals surface area contributed by atoms with Crippen LogP contribution in [0.15, 0.2) is 29.9 Å². The van der Waals surface area contributed by atoms with E-state index in [1.54, 1.807) is 12.3 Å². The number of anilines is 1. The molecule has 0 unspecified atom stereocenters. The summed E-state index contributed by atoms with van der Waals surface area (Å²) in [7, 11) is 0. The van der Waals surface area contributed by atoms with Crippen molar-refractivity contribution in [3.63, 3.8) is 0 Å². The van der Waals surface area contributed by atoms with Gasteiger partial charge in [-0.1, -0.05) is 13.8 Å². The number of likely N-dealkylation sites (tertiary alicyclic amines) is 1. The molecule has 0 saturated carbocycles. The molecular weight excluding hydrogens is 372 g/mol. The van der Waals surface area contributed by atoms with Gasteiger partial charge >= 0.3 is 0 Å². The van der Waals surface area contributed by atoms with Gasteiger partial charge in [-0.3, -0.25) is 9.78 Å². The van der Waals surface area contributed by atoms with Crippen LogP contribution in [0.3, 0.4) is 0 Å². The zero-order valence-corrected chi connectivity index (χ0v) is 16.8. The van der Waals surface area contributed by atoms with E-state index >= 15 is 0 Å². The van der Waals surface area contributed by atoms with E-state index in [0.717, 1.165) is 41.7 Å². The van der Waals surface area contributed by atoms with Gasteiger partial charge in [0.1, 0.15) is 6.07 Å². The van der Waals surface area contributed by atoms with Crippen molar-refractivity contribution >= 4 is 33.4 Å². The maximum Gasteiger partial charge on any atom is 0.274 e. The second kappa shape index (κ2) is 9.24. The molecule has 4 heterocycles. The van der Waals surface area contributed by atoms with Crippen molar-refractivity contribution < 1.29 is 4.79 Å². The zero-order chi connectivity index (χ0) is 19.9. The summed E-state index contributed by atoms with van der Waals surface area (Å²) < 4.78 is 0.820. The van der Waals surface area contributed by atoms with E-state index in [1.807, 2.05) is 30.2 Å². The minimum atomic E-state index is -0.0338. The number of nitriles is 1. The number of amides is 1. The molecule has 0 spiro atoms. The lowest BCUT2D eigenvalue weighted by molar-refractivity contribution is 0.0789. The highest BCUT2D eigenvalue weighted by Gasteiger charge is 2.24. The minimum absolute atomic E-state index is 0.0338. The maximum atomic E-state index is 12.8. The smallest absolute Gasteiger partial charge is 0.274 e. The number of nitrogens with zero attached hydrogens (tertiary/aromatic N) is 5. The molecule has 1 saturated heterocycles. The van der Waals surface area contributed by atoms with Crippen LogP contribution in [0.1, 0.15) is 48.3 Å². The molecule has 7 nitrogen and oxygen atoms in total. The Bertz CT molecular complexity index is 1000. The molecule has 1 aliphatic rings. The van der Waals surface area contributed by atoms with Gasteiger partial charge in [0, 0.05) is 32.0 Å². The quantitative estimate of drug-likeness (QED) is 0.722. The molecule has 144 valence electrons. The first-order valence-electron chi connectivity index (χ1n) is 9.37. The van der Waals surface area contributed by atoms with Crippen molar-refractivity contribution in [2.75, 3.05) is 18.4 Å². The Kier molecular flexibility index (Phi) is 6.50. The number of nitrogens with one attached hydrogen (secondary N) is 1. The molecular formula is C20H22N6OS. The molecule has 0 aromatic carbocycles. The average molecular weight is 395 g/mol. The Labute approximate surface area is 168 Å². The fraction of sp³-hybridized carbons (Fsp3) is 0.350. The van der Waals surface area contributed by atoms with Gasteiger partial charge < -0.3 is 10.2 Å².